The van der Waals surface area contributed by atoms with Crippen molar-refractivity contribution in [2.45, 2.75) is 16.7 Å². The summed E-state index contributed by atoms with van der Waals surface area (Å²) >= 11 is 8.83. The van der Waals surface area contributed by atoms with E-state index in [0.29, 0.717) is 15.7 Å². The van der Waals surface area contributed by atoms with E-state index in [9.17, 15) is 10.1 Å². The van der Waals surface area contributed by atoms with Gasteiger partial charge < -0.3 is 0 Å². The number of nitrogens with one attached hydrogen (secondary N) is 1. The predicted molar refractivity (Wildman–Crippen MR) is 107 cm³/mol. The molecule has 3 aromatic rings. The van der Waals surface area contributed by atoms with Gasteiger partial charge in [-0.2, -0.15) is 5.10 Å². The molecule has 26 heavy (non-hydrogen) atoms. The molecule has 0 aliphatic rings. The van der Waals surface area contributed by atoms with Gasteiger partial charge in [0.1, 0.15) is 0 Å². The fourth-order valence-electron chi connectivity index (χ4n) is 2.04. The highest BCUT2D eigenvalue weighted by Crippen LogP contribution is 2.32. The largest absolute Gasteiger partial charge is 0.270 e. The van der Waals surface area contributed by atoms with E-state index in [-0.39, 0.29) is 5.69 Å². The van der Waals surface area contributed by atoms with Crippen LogP contribution < -0.4 is 5.43 Å². The Morgan fingerprint density at radius 1 is 1.31 bits per heavy atom. The van der Waals surface area contributed by atoms with Gasteiger partial charge in [0.15, 0.2) is 0 Å². The summed E-state index contributed by atoms with van der Waals surface area (Å²) in [6.45, 7) is 1.90. The highest BCUT2D eigenvalue weighted by molar-refractivity contribution is 7.99. The molecule has 9 heteroatoms. The summed E-state index contributed by atoms with van der Waals surface area (Å²) in [5, 5.41) is 18.5. The molecular weight excluding hydrogens is 392 g/mol. The van der Waals surface area contributed by atoms with Crippen LogP contribution in [0.5, 0.6) is 0 Å². The van der Waals surface area contributed by atoms with E-state index in [4.69, 9.17) is 11.6 Å². The molecule has 0 radical (unpaired) electrons. The maximum absolute atomic E-state index is 11.1. The number of rotatable bonds is 6. The Bertz CT molecular complexity index is 958. The second-order valence-corrected chi connectivity index (χ2v) is 7.61. The summed E-state index contributed by atoms with van der Waals surface area (Å²) < 4.78 is 0. The number of halogens is 1. The fourth-order valence-corrected chi connectivity index (χ4v) is 3.69. The average Bonchev–Trinajstić information content (AvgIpc) is 3.03. The van der Waals surface area contributed by atoms with Crippen LogP contribution in [0.2, 0.25) is 5.02 Å². The minimum Gasteiger partial charge on any atom is -0.258 e. The molecule has 0 aliphatic carbocycles. The van der Waals surface area contributed by atoms with Crippen molar-refractivity contribution < 1.29 is 4.92 Å². The van der Waals surface area contributed by atoms with Gasteiger partial charge in [-0.25, -0.2) is 4.98 Å². The zero-order valence-electron chi connectivity index (χ0n) is 13.5. The molecular formula is C17H13ClN4O2S2. The lowest BCUT2D eigenvalue weighted by atomic mass is 10.2. The van der Waals surface area contributed by atoms with E-state index in [0.717, 1.165) is 15.5 Å². The van der Waals surface area contributed by atoms with Gasteiger partial charge in [-0.1, -0.05) is 23.4 Å². The number of hydrazone groups is 1. The standard InChI is InChI=1S/C17H13ClN4O2S2/c1-11-10-25-17(20-11)21-19-9-12-8-14(22(23)24)4-7-16(12)26-15-5-2-13(18)3-6-15/h2-10H,1H3,(H,20,21). The smallest absolute Gasteiger partial charge is 0.258 e. The first-order valence-corrected chi connectivity index (χ1v) is 9.52. The minimum absolute atomic E-state index is 0.0111. The third kappa shape index (κ3) is 4.81. The zero-order chi connectivity index (χ0) is 18.5. The van der Waals surface area contributed by atoms with Crippen LogP contribution in [0.4, 0.5) is 10.8 Å². The second-order valence-electron chi connectivity index (χ2n) is 5.20. The second kappa shape index (κ2) is 8.31. The molecule has 0 saturated carbocycles. The summed E-state index contributed by atoms with van der Waals surface area (Å²) in [5.41, 5.74) is 4.40. The summed E-state index contributed by atoms with van der Waals surface area (Å²) in [5.74, 6) is 0. The maximum Gasteiger partial charge on any atom is 0.270 e. The molecule has 1 aromatic heterocycles. The molecule has 6 nitrogen and oxygen atoms in total. The van der Waals surface area contributed by atoms with E-state index in [2.05, 4.69) is 15.5 Å². The van der Waals surface area contributed by atoms with Crippen molar-refractivity contribution >= 4 is 51.7 Å². The molecule has 0 fully saturated rings. The van der Waals surface area contributed by atoms with Gasteiger partial charge >= 0.3 is 0 Å². The molecule has 132 valence electrons. The first-order valence-electron chi connectivity index (χ1n) is 7.44. The molecule has 0 saturated heterocycles. The Morgan fingerprint density at radius 3 is 2.73 bits per heavy atom. The van der Waals surface area contributed by atoms with Gasteiger partial charge in [-0.15, -0.1) is 11.3 Å². The molecule has 0 spiro atoms. The van der Waals surface area contributed by atoms with E-state index in [1.165, 1.54) is 35.2 Å². The van der Waals surface area contributed by atoms with E-state index in [1.54, 1.807) is 24.4 Å². The number of non-ortho nitro benzene ring substituents is 1. The normalized spacial score (nSPS) is 11.0. The fraction of sp³-hybridized carbons (Fsp3) is 0.0588. The lowest BCUT2D eigenvalue weighted by Gasteiger charge is -2.06. The third-order valence-electron chi connectivity index (χ3n) is 3.23. The van der Waals surface area contributed by atoms with Crippen LogP contribution >= 0.6 is 34.7 Å². The quantitative estimate of drug-likeness (QED) is 0.328. The maximum atomic E-state index is 11.1. The van der Waals surface area contributed by atoms with Crippen molar-refractivity contribution in [3.8, 4) is 0 Å². The summed E-state index contributed by atoms with van der Waals surface area (Å²) in [7, 11) is 0. The van der Waals surface area contributed by atoms with Crippen LogP contribution in [0, 0.1) is 17.0 Å². The van der Waals surface area contributed by atoms with Crippen LogP contribution in [0.25, 0.3) is 0 Å². The number of thiazole rings is 1. The molecule has 1 N–H and O–H groups in total. The Morgan fingerprint density at radius 2 is 2.08 bits per heavy atom. The first kappa shape index (κ1) is 18.4. The van der Waals surface area contributed by atoms with Gasteiger partial charge in [0.25, 0.3) is 5.69 Å². The first-order chi connectivity index (χ1) is 12.5. The molecule has 0 amide bonds. The lowest BCUT2D eigenvalue weighted by molar-refractivity contribution is -0.384. The topological polar surface area (TPSA) is 80.4 Å². The number of nitrogens with zero attached hydrogens (tertiary/aromatic N) is 3. The van der Waals surface area contributed by atoms with Crippen molar-refractivity contribution in [1.82, 2.24) is 4.98 Å². The van der Waals surface area contributed by atoms with Crippen molar-refractivity contribution in [1.29, 1.82) is 0 Å². The van der Waals surface area contributed by atoms with E-state index >= 15 is 0 Å². The number of nitro groups is 1. The number of aromatic nitrogens is 1. The Labute approximate surface area is 163 Å². The molecule has 1 heterocycles. The van der Waals surface area contributed by atoms with E-state index in [1.807, 2.05) is 24.4 Å². The van der Waals surface area contributed by atoms with E-state index < -0.39 is 4.92 Å². The average molecular weight is 405 g/mol. The van der Waals surface area contributed by atoms with Crippen molar-refractivity contribution in [2.75, 3.05) is 5.43 Å². The number of hydrogen-bond donors (Lipinski definition) is 1. The molecule has 0 unspecified atom stereocenters. The van der Waals surface area contributed by atoms with Crippen LogP contribution in [0.3, 0.4) is 0 Å². The Kier molecular flexibility index (Phi) is 5.87. The summed E-state index contributed by atoms with van der Waals surface area (Å²) in [6, 6.07) is 12.1. The number of hydrogen-bond acceptors (Lipinski definition) is 7. The van der Waals surface area contributed by atoms with Crippen LogP contribution in [0.15, 0.2) is 62.7 Å². The monoisotopic (exact) mass is 404 g/mol. The van der Waals surface area contributed by atoms with Crippen molar-refractivity contribution in [3.05, 3.63) is 74.2 Å². The van der Waals surface area contributed by atoms with Gasteiger partial charge in [0.05, 0.1) is 16.8 Å². The Hall–Kier alpha value is -2.42. The zero-order valence-corrected chi connectivity index (χ0v) is 15.9. The highest BCUT2D eigenvalue weighted by atomic mass is 35.5. The Balaban J connectivity index is 1.85. The highest BCUT2D eigenvalue weighted by Gasteiger charge is 2.11. The SMILES string of the molecule is Cc1csc(NN=Cc2cc([N+](=O)[O-])ccc2Sc2ccc(Cl)cc2)n1. The minimum atomic E-state index is -0.425. The summed E-state index contributed by atoms with van der Waals surface area (Å²) in [4.78, 5) is 16.7. The molecule has 2 aromatic carbocycles. The molecule has 0 bridgehead atoms. The van der Waals surface area contributed by atoms with Crippen LogP contribution in [-0.2, 0) is 0 Å². The summed E-state index contributed by atoms with van der Waals surface area (Å²) in [6.07, 6.45) is 1.56. The van der Waals surface area contributed by atoms with Gasteiger partial charge in [0, 0.05) is 37.9 Å². The molecule has 3 rings (SSSR count). The van der Waals surface area contributed by atoms with Gasteiger partial charge in [-0.3, -0.25) is 15.5 Å². The van der Waals surface area contributed by atoms with Crippen LogP contribution in [-0.4, -0.2) is 16.1 Å². The van der Waals surface area contributed by atoms with Crippen molar-refractivity contribution in [3.63, 3.8) is 0 Å². The lowest BCUT2D eigenvalue weighted by Crippen LogP contribution is -1.95. The number of anilines is 1. The third-order valence-corrected chi connectivity index (χ3v) is 5.44. The van der Waals surface area contributed by atoms with Crippen molar-refractivity contribution in [2.24, 2.45) is 5.10 Å². The number of benzene rings is 2. The molecule has 0 aliphatic heterocycles. The van der Waals surface area contributed by atoms with Gasteiger partial charge in [0.2, 0.25) is 5.13 Å². The predicted octanol–water partition coefficient (Wildman–Crippen LogP) is 5.61. The van der Waals surface area contributed by atoms with Crippen LogP contribution in [0.1, 0.15) is 11.3 Å². The number of aryl methyl sites for hydroxylation is 1. The molecule has 0 atom stereocenters. The van der Waals surface area contributed by atoms with Gasteiger partial charge in [-0.05, 0) is 37.3 Å². The number of nitro benzene ring substituents is 1.